The van der Waals surface area contributed by atoms with Crippen molar-refractivity contribution >= 4 is 0 Å². The lowest BCUT2D eigenvalue weighted by Crippen LogP contribution is -2.02. The average molecular weight is 464 g/mol. The van der Waals surface area contributed by atoms with Crippen LogP contribution >= 0.6 is 0 Å². The van der Waals surface area contributed by atoms with Gasteiger partial charge in [-0.25, -0.2) is 13.2 Å². The average Bonchev–Trinajstić information content (AvgIpc) is 2.87. The molecule has 6 heteroatoms. The van der Waals surface area contributed by atoms with Crippen LogP contribution in [0.15, 0.2) is 78.9 Å². The van der Waals surface area contributed by atoms with Gasteiger partial charge in [-0.15, -0.1) is 0 Å². The maximum atomic E-state index is 14.7. The molecule has 3 nitrogen and oxygen atoms in total. The molecule has 0 heterocycles. The predicted octanol–water partition coefficient (Wildman–Crippen LogP) is 6.91. The Morgan fingerprint density at radius 2 is 1.38 bits per heavy atom. The van der Waals surface area contributed by atoms with Crippen molar-refractivity contribution in [2.24, 2.45) is 0 Å². The Labute approximate surface area is 196 Å². The van der Waals surface area contributed by atoms with Gasteiger partial charge in [0.1, 0.15) is 12.4 Å². The summed E-state index contributed by atoms with van der Waals surface area (Å²) in [7, 11) is 0. The summed E-state index contributed by atoms with van der Waals surface area (Å²) in [6.07, 6.45) is 0. The van der Waals surface area contributed by atoms with Gasteiger partial charge in [0, 0.05) is 11.1 Å². The minimum absolute atomic E-state index is 0.0888. The van der Waals surface area contributed by atoms with Crippen LogP contribution in [0.5, 0.6) is 11.5 Å². The number of halogens is 3. The van der Waals surface area contributed by atoms with Gasteiger partial charge in [-0.05, 0) is 53.4 Å². The van der Waals surface area contributed by atoms with Crippen molar-refractivity contribution in [1.82, 2.24) is 0 Å². The standard InChI is InChI=1S/C28H23F3O3/c1-2-33-26-14-10-21(15-25(26)29)19-7-11-23(12-8-19)34-17-22-9-13-24(28(31)27(22)30)20-5-3-18(16-32)4-6-20/h3-15,32H,2,16-17H2,1H3. The highest BCUT2D eigenvalue weighted by molar-refractivity contribution is 5.66. The first-order valence-corrected chi connectivity index (χ1v) is 10.8. The highest BCUT2D eigenvalue weighted by atomic mass is 19.2. The number of aliphatic hydroxyl groups excluding tert-OH is 1. The smallest absolute Gasteiger partial charge is 0.167 e. The first kappa shape index (κ1) is 23.4. The van der Waals surface area contributed by atoms with Gasteiger partial charge in [0.05, 0.1) is 13.2 Å². The number of benzene rings is 4. The van der Waals surface area contributed by atoms with Crippen LogP contribution in [0, 0.1) is 17.5 Å². The Balaban J connectivity index is 1.45. The molecule has 0 fully saturated rings. The van der Waals surface area contributed by atoms with E-state index >= 15 is 0 Å². The van der Waals surface area contributed by atoms with E-state index in [1.54, 1.807) is 67.6 Å². The minimum Gasteiger partial charge on any atom is -0.491 e. The van der Waals surface area contributed by atoms with E-state index in [1.165, 1.54) is 18.2 Å². The third kappa shape index (κ3) is 5.07. The van der Waals surface area contributed by atoms with E-state index in [4.69, 9.17) is 14.6 Å². The Morgan fingerprint density at radius 3 is 2.03 bits per heavy atom. The van der Waals surface area contributed by atoms with Crippen LogP contribution in [0.1, 0.15) is 18.1 Å². The molecule has 0 spiro atoms. The molecule has 0 atom stereocenters. The largest absolute Gasteiger partial charge is 0.491 e. The summed E-state index contributed by atoms with van der Waals surface area (Å²) in [5, 5.41) is 9.13. The van der Waals surface area contributed by atoms with Crippen molar-refractivity contribution in [2.45, 2.75) is 20.1 Å². The van der Waals surface area contributed by atoms with Crippen molar-refractivity contribution in [2.75, 3.05) is 6.61 Å². The predicted molar refractivity (Wildman–Crippen MR) is 125 cm³/mol. The second-order valence-corrected chi connectivity index (χ2v) is 7.65. The minimum atomic E-state index is -0.967. The van der Waals surface area contributed by atoms with Crippen LogP contribution in [0.25, 0.3) is 22.3 Å². The van der Waals surface area contributed by atoms with Crippen LogP contribution < -0.4 is 9.47 Å². The molecule has 0 aromatic heterocycles. The second-order valence-electron chi connectivity index (χ2n) is 7.65. The summed E-state index contributed by atoms with van der Waals surface area (Å²) in [5.41, 5.74) is 2.89. The molecular weight excluding hydrogens is 441 g/mol. The van der Waals surface area contributed by atoms with Gasteiger partial charge >= 0.3 is 0 Å². The number of hydrogen-bond donors (Lipinski definition) is 1. The Hall–Kier alpha value is -3.77. The molecule has 0 saturated heterocycles. The van der Waals surface area contributed by atoms with E-state index in [9.17, 15) is 13.2 Å². The summed E-state index contributed by atoms with van der Waals surface area (Å²) in [5.74, 6) is -1.69. The van der Waals surface area contributed by atoms with Gasteiger partial charge < -0.3 is 14.6 Å². The molecule has 1 N–H and O–H groups in total. The fourth-order valence-electron chi connectivity index (χ4n) is 3.57. The van der Waals surface area contributed by atoms with Crippen LogP contribution in [0.4, 0.5) is 13.2 Å². The van der Waals surface area contributed by atoms with Crippen LogP contribution in [0.3, 0.4) is 0 Å². The molecule has 0 unspecified atom stereocenters. The van der Waals surface area contributed by atoms with Gasteiger partial charge in [0.15, 0.2) is 23.2 Å². The summed E-state index contributed by atoms with van der Waals surface area (Å²) in [6, 6.07) is 21.3. The van der Waals surface area contributed by atoms with Crippen molar-refractivity contribution < 1.29 is 27.8 Å². The van der Waals surface area contributed by atoms with Gasteiger partial charge in [-0.3, -0.25) is 0 Å². The van der Waals surface area contributed by atoms with Gasteiger partial charge in [0.2, 0.25) is 0 Å². The van der Waals surface area contributed by atoms with Crippen molar-refractivity contribution in [3.8, 4) is 33.8 Å². The van der Waals surface area contributed by atoms with Crippen molar-refractivity contribution in [3.05, 3.63) is 107 Å². The normalized spacial score (nSPS) is 10.9. The summed E-state index contributed by atoms with van der Waals surface area (Å²) in [4.78, 5) is 0. The first-order chi connectivity index (χ1) is 16.5. The molecule has 0 aliphatic carbocycles. The zero-order valence-corrected chi connectivity index (χ0v) is 18.5. The van der Waals surface area contributed by atoms with E-state index in [0.29, 0.717) is 29.0 Å². The maximum Gasteiger partial charge on any atom is 0.167 e. The summed E-state index contributed by atoms with van der Waals surface area (Å²) in [6.45, 7) is 1.90. The zero-order valence-electron chi connectivity index (χ0n) is 18.5. The van der Waals surface area contributed by atoms with Crippen LogP contribution in [-0.4, -0.2) is 11.7 Å². The fraction of sp³-hybridized carbons (Fsp3) is 0.143. The van der Waals surface area contributed by atoms with E-state index in [0.717, 1.165) is 5.56 Å². The molecule has 34 heavy (non-hydrogen) atoms. The lowest BCUT2D eigenvalue weighted by Gasteiger charge is -2.11. The van der Waals surface area contributed by atoms with E-state index < -0.39 is 17.5 Å². The molecule has 0 radical (unpaired) electrons. The third-order valence-corrected chi connectivity index (χ3v) is 5.42. The molecule has 0 aliphatic heterocycles. The number of rotatable bonds is 8. The lowest BCUT2D eigenvalue weighted by molar-refractivity contribution is 0.282. The second kappa shape index (κ2) is 10.4. The molecule has 4 rings (SSSR count). The summed E-state index contributed by atoms with van der Waals surface area (Å²) >= 11 is 0. The fourth-order valence-corrected chi connectivity index (χ4v) is 3.57. The Kier molecular flexibility index (Phi) is 7.18. The number of aliphatic hydroxyl groups is 1. The monoisotopic (exact) mass is 464 g/mol. The number of hydrogen-bond acceptors (Lipinski definition) is 3. The van der Waals surface area contributed by atoms with Gasteiger partial charge in [0.25, 0.3) is 0 Å². The van der Waals surface area contributed by atoms with Gasteiger partial charge in [-0.1, -0.05) is 54.6 Å². The number of ether oxygens (including phenoxy) is 2. The SMILES string of the molecule is CCOc1ccc(-c2ccc(OCc3ccc(-c4ccc(CO)cc4)c(F)c3F)cc2)cc1F. The highest BCUT2D eigenvalue weighted by Crippen LogP contribution is 2.29. The topological polar surface area (TPSA) is 38.7 Å². The maximum absolute atomic E-state index is 14.7. The molecule has 4 aromatic rings. The van der Waals surface area contributed by atoms with E-state index in [-0.39, 0.29) is 30.1 Å². The van der Waals surface area contributed by atoms with Crippen molar-refractivity contribution in [1.29, 1.82) is 0 Å². The lowest BCUT2D eigenvalue weighted by atomic mass is 10.0. The zero-order chi connectivity index (χ0) is 24.1. The highest BCUT2D eigenvalue weighted by Gasteiger charge is 2.15. The van der Waals surface area contributed by atoms with Crippen molar-refractivity contribution in [3.63, 3.8) is 0 Å². The molecule has 0 saturated carbocycles. The Bertz CT molecular complexity index is 1270. The Morgan fingerprint density at radius 1 is 0.706 bits per heavy atom. The molecule has 4 aromatic carbocycles. The van der Waals surface area contributed by atoms with Gasteiger partial charge in [-0.2, -0.15) is 0 Å². The third-order valence-electron chi connectivity index (χ3n) is 5.42. The van der Waals surface area contributed by atoms with Crippen LogP contribution in [-0.2, 0) is 13.2 Å². The summed E-state index contributed by atoms with van der Waals surface area (Å²) < 4.78 is 54.3. The molecule has 0 aliphatic rings. The van der Waals surface area contributed by atoms with E-state index in [2.05, 4.69) is 0 Å². The van der Waals surface area contributed by atoms with E-state index in [1.807, 2.05) is 0 Å². The first-order valence-electron chi connectivity index (χ1n) is 10.8. The molecule has 174 valence electrons. The molecule has 0 bridgehead atoms. The van der Waals surface area contributed by atoms with Crippen LogP contribution in [0.2, 0.25) is 0 Å². The molecule has 0 amide bonds. The molecular formula is C28H23F3O3. The quantitative estimate of drug-likeness (QED) is 0.308.